The van der Waals surface area contributed by atoms with Crippen molar-refractivity contribution in [1.82, 2.24) is 20.0 Å². The third-order valence-electron chi connectivity index (χ3n) is 5.40. The van der Waals surface area contributed by atoms with Crippen molar-refractivity contribution in [2.24, 2.45) is 5.73 Å². The van der Waals surface area contributed by atoms with Crippen molar-refractivity contribution in [3.8, 4) is 11.4 Å². The molecule has 0 bridgehead atoms. The predicted molar refractivity (Wildman–Crippen MR) is 124 cm³/mol. The Balaban J connectivity index is 1.73. The number of fused-ring (bicyclic) bond motifs is 1. The molecule has 1 unspecified atom stereocenters. The first kappa shape index (κ1) is 21.7. The minimum absolute atomic E-state index is 0.296. The van der Waals surface area contributed by atoms with Crippen LogP contribution in [0, 0.1) is 19.7 Å². The van der Waals surface area contributed by atoms with E-state index in [4.69, 9.17) is 15.6 Å². The van der Waals surface area contributed by atoms with E-state index in [1.54, 1.807) is 6.07 Å². The Labute approximate surface area is 186 Å². The third-order valence-corrected chi connectivity index (χ3v) is 5.40. The zero-order chi connectivity index (χ0) is 22.8. The molecular weight excluding hydrogens is 407 g/mol. The van der Waals surface area contributed by atoms with Crippen molar-refractivity contribution in [2.75, 3.05) is 25.5 Å². The zero-order valence-electron chi connectivity index (χ0n) is 18.7. The van der Waals surface area contributed by atoms with E-state index in [0.717, 1.165) is 33.5 Å². The summed E-state index contributed by atoms with van der Waals surface area (Å²) in [6, 6.07) is 14.1. The van der Waals surface area contributed by atoms with Crippen molar-refractivity contribution < 1.29 is 9.13 Å². The smallest absolute Gasteiger partial charge is 0.179 e. The van der Waals surface area contributed by atoms with Crippen molar-refractivity contribution in [2.45, 2.75) is 26.4 Å². The molecule has 7 nitrogen and oxygen atoms in total. The van der Waals surface area contributed by atoms with Gasteiger partial charge in [0, 0.05) is 26.6 Å². The number of aromatic nitrogens is 4. The van der Waals surface area contributed by atoms with E-state index in [1.165, 1.54) is 12.1 Å². The lowest BCUT2D eigenvalue weighted by molar-refractivity contribution is 0.197. The van der Waals surface area contributed by atoms with E-state index < -0.39 is 0 Å². The molecule has 1 atom stereocenters. The summed E-state index contributed by atoms with van der Waals surface area (Å²) >= 11 is 0. The van der Waals surface area contributed by atoms with Gasteiger partial charge in [0.2, 0.25) is 0 Å². The van der Waals surface area contributed by atoms with Gasteiger partial charge in [0.1, 0.15) is 23.2 Å². The minimum atomic E-state index is -0.347. The van der Waals surface area contributed by atoms with Gasteiger partial charge in [-0.25, -0.2) is 9.07 Å². The molecule has 166 valence electrons. The minimum Gasteiger partial charge on any atom is -0.486 e. The van der Waals surface area contributed by atoms with Crippen molar-refractivity contribution in [3.63, 3.8) is 0 Å². The molecular formula is C24H27FN6O. The zero-order valence-corrected chi connectivity index (χ0v) is 18.7. The maximum Gasteiger partial charge on any atom is 0.179 e. The van der Waals surface area contributed by atoms with E-state index in [1.807, 2.05) is 67.9 Å². The number of benzene rings is 2. The lowest BCUT2D eigenvalue weighted by atomic mass is 10.1. The molecule has 0 spiro atoms. The number of anilines is 1. The standard InChI is InChI=1S/C24H27FN6O/c1-15-22-16(2)31(29-23(22)24(28-27-15)30(3)4)19-9-6-10-20(14-19)32-21(11-12-26)17-7-5-8-18(25)13-17/h5-10,13-14,21H,11-12,26H2,1-4H3. The molecule has 0 amide bonds. The number of hydrogen-bond donors (Lipinski definition) is 1. The topological polar surface area (TPSA) is 82.1 Å². The number of ether oxygens (including phenoxy) is 1. The quantitative estimate of drug-likeness (QED) is 0.471. The molecule has 2 N–H and O–H groups in total. The van der Waals surface area contributed by atoms with Gasteiger partial charge in [-0.3, -0.25) is 0 Å². The molecule has 2 aromatic carbocycles. The van der Waals surface area contributed by atoms with Crippen LogP contribution in [0.1, 0.15) is 29.5 Å². The molecule has 0 saturated heterocycles. The summed E-state index contributed by atoms with van der Waals surface area (Å²) in [5.74, 6) is 1.08. The Kier molecular flexibility index (Phi) is 6.05. The largest absolute Gasteiger partial charge is 0.486 e. The highest BCUT2D eigenvalue weighted by Gasteiger charge is 2.19. The highest BCUT2D eigenvalue weighted by Crippen LogP contribution is 2.30. The second-order valence-electron chi connectivity index (χ2n) is 7.96. The maximum absolute atomic E-state index is 13.7. The Morgan fingerprint density at radius 3 is 2.59 bits per heavy atom. The summed E-state index contributed by atoms with van der Waals surface area (Å²) in [5.41, 5.74) is 10.00. The van der Waals surface area contributed by atoms with Crippen molar-refractivity contribution in [1.29, 1.82) is 0 Å². The second kappa shape index (κ2) is 8.92. The van der Waals surface area contributed by atoms with Gasteiger partial charge in [-0.05, 0) is 50.2 Å². The van der Waals surface area contributed by atoms with Crippen LogP contribution in [0.25, 0.3) is 16.6 Å². The molecule has 0 aliphatic heterocycles. The Morgan fingerprint density at radius 2 is 1.88 bits per heavy atom. The molecule has 0 saturated carbocycles. The fourth-order valence-corrected chi connectivity index (χ4v) is 3.87. The molecule has 8 heteroatoms. The molecule has 4 aromatic rings. The molecule has 0 aliphatic rings. The van der Waals surface area contributed by atoms with Crippen LogP contribution in [0.2, 0.25) is 0 Å². The highest BCUT2D eigenvalue weighted by molar-refractivity contribution is 5.92. The summed E-state index contributed by atoms with van der Waals surface area (Å²) in [6.45, 7) is 4.38. The summed E-state index contributed by atoms with van der Waals surface area (Å²) in [5, 5.41) is 14.4. The van der Waals surface area contributed by atoms with E-state index >= 15 is 0 Å². The lowest BCUT2D eigenvalue weighted by Crippen LogP contribution is -2.13. The summed E-state index contributed by atoms with van der Waals surface area (Å²) in [7, 11) is 3.84. The molecule has 32 heavy (non-hydrogen) atoms. The number of nitrogens with two attached hydrogens (primary N) is 1. The van der Waals surface area contributed by atoms with Crippen LogP contribution < -0.4 is 15.4 Å². The summed E-state index contributed by atoms with van der Waals surface area (Å²) in [4.78, 5) is 1.90. The Hall–Kier alpha value is -3.52. The normalized spacial score (nSPS) is 12.2. The SMILES string of the molecule is Cc1nnc(N(C)C)c2nn(-c3cccc(OC(CCN)c4cccc(F)c4)c3)c(C)c12. The van der Waals surface area contributed by atoms with E-state index in [-0.39, 0.29) is 11.9 Å². The van der Waals surface area contributed by atoms with Gasteiger partial charge in [-0.1, -0.05) is 18.2 Å². The van der Waals surface area contributed by atoms with Gasteiger partial charge in [-0.15, -0.1) is 5.10 Å². The first-order valence-corrected chi connectivity index (χ1v) is 10.5. The summed E-state index contributed by atoms with van der Waals surface area (Å²) < 4.78 is 21.9. The molecule has 0 aliphatic carbocycles. The molecule has 2 heterocycles. The predicted octanol–water partition coefficient (Wildman–Crippen LogP) is 4.11. The van der Waals surface area contributed by atoms with Gasteiger partial charge in [0.25, 0.3) is 0 Å². The first-order valence-electron chi connectivity index (χ1n) is 10.5. The Morgan fingerprint density at radius 1 is 1.09 bits per heavy atom. The second-order valence-corrected chi connectivity index (χ2v) is 7.96. The lowest BCUT2D eigenvalue weighted by Gasteiger charge is -2.19. The molecule has 0 radical (unpaired) electrons. The van der Waals surface area contributed by atoms with Crippen LogP contribution in [0.4, 0.5) is 10.2 Å². The van der Waals surface area contributed by atoms with Crippen LogP contribution in [-0.4, -0.2) is 40.6 Å². The number of nitrogens with zero attached hydrogens (tertiary/aromatic N) is 5. The van der Waals surface area contributed by atoms with E-state index in [9.17, 15) is 4.39 Å². The van der Waals surface area contributed by atoms with Gasteiger partial charge in [0.05, 0.1) is 22.5 Å². The monoisotopic (exact) mass is 434 g/mol. The van der Waals surface area contributed by atoms with Crippen LogP contribution in [-0.2, 0) is 0 Å². The van der Waals surface area contributed by atoms with Gasteiger partial charge in [-0.2, -0.15) is 10.2 Å². The van der Waals surface area contributed by atoms with Gasteiger partial charge in [0.15, 0.2) is 5.82 Å². The first-order chi connectivity index (χ1) is 15.4. The van der Waals surface area contributed by atoms with Crippen LogP contribution in [0.3, 0.4) is 0 Å². The Bertz CT molecular complexity index is 1250. The van der Waals surface area contributed by atoms with Crippen LogP contribution in [0.5, 0.6) is 5.75 Å². The fraction of sp³-hybridized carbons (Fsp3) is 0.292. The van der Waals surface area contributed by atoms with Crippen LogP contribution >= 0.6 is 0 Å². The number of aryl methyl sites for hydroxylation is 2. The van der Waals surface area contributed by atoms with Gasteiger partial charge >= 0.3 is 0 Å². The average Bonchev–Trinajstić information content (AvgIpc) is 3.12. The fourth-order valence-electron chi connectivity index (χ4n) is 3.87. The van der Waals surface area contributed by atoms with Crippen molar-refractivity contribution in [3.05, 3.63) is 71.3 Å². The van der Waals surface area contributed by atoms with E-state index in [2.05, 4.69) is 10.2 Å². The maximum atomic E-state index is 13.7. The highest BCUT2D eigenvalue weighted by atomic mass is 19.1. The summed E-state index contributed by atoms with van der Waals surface area (Å²) in [6.07, 6.45) is 0.223. The number of rotatable bonds is 7. The van der Waals surface area contributed by atoms with Crippen LogP contribution in [0.15, 0.2) is 48.5 Å². The third kappa shape index (κ3) is 4.13. The molecule has 4 rings (SSSR count). The number of halogens is 1. The molecule has 0 fully saturated rings. The number of hydrogen-bond acceptors (Lipinski definition) is 6. The average molecular weight is 435 g/mol. The van der Waals surface area contributed by atoms with Gasteiger partial charge < -0.3 is 15.4 Å². The molecule has 2 aromatic heterocycles. The van der Waals surface area contributed by atoms with Crippen molar-refractivity contribution >= 4 is 16.7 Å². The van der Waals surface area contributed by atoms with E-state index in [0.29, 0.717) is 24.5 Å².